The van der Waals surface area contributed by atoms with Crippen molar-refractivity contribution in [2.75, 3.05) is 6.54 Å². The number of alkyl halides is 3. The van der Waals surface area contributed by atoms with E-state index in [-0.39, 0.29) is 31.3 Å². The van der Waals surface area contributed by atoms with Gasteiger partial charge in [-0.25, -0.2) is 0 Å². The third kappa shape index (κ3) is 5.25. The summed E-state index contributed by atoms with van der Waals surface area (Å²) in [4.78, 5) is 11.5. The summed E-state index contributed by atoms with van der Waals surface area (Å²) in [5.41, 5.74) is -0.548. The number of rotatable bonds is 2. The van der Waals surface area contributed by atoms with Crippen molar-refractivity contribution in [3.05, 3.63) is 0 Å². The van der Waals surface area contributed by atoms with Crippen molar-refractivity contribution in [3.8, 4) is 0 Å². The highest BCUT2D eigenvalue weighted by Crippen LogP contribution is 2.29. The first-order valence-electron chi connectivity index (χ1n) is 6.10. The SMILES string of the molecule is CC(C)(C)OC(=O)C[C@@H]1CC[C@H](C(F)(F)F)NC1. The maximum atomic E-state index is 12.4. The van der Waals surface area contributed by atoms with Crippen molar-refractivity contribution in [2.24, 2.45) is 5.92 Å². The summed E-state index contributed by atoms with van der Waals surface area (Å²) in [6, 6.07) is -1.44. The van der Waals surface area contributed by atoms with Gasteiger partial charge >= 0.3 is 12.1 Å². The number of hydrogen-bond acceptors (Lipinski definition) is 3. The average Bonchev–Trinajstić information content (AvgIpc) is 2.13. The number of carbonyl (C=O) groups is 1. The molecule has 1 saturated heterocycles. The first-order valence-corrected chi connectivity index (χ1v) is 6.10. The molecule has 0 aromatic heterocycles. The van der Waals surface area contributed by atoms with Crippen LogP contribution in [0.1, 0.15) is 40.0 Å². The standard InChI is InChI=1S/C12H20F3NO2/c1-11(2,3)18-10(17)6-8-4-5-9(16-7-8)12(13,14)15/h8-9,16H,4-7H2,1-3H3/t8-,9+/m0/s1. The van der Waals surface area contributed by atoms with E-state index in [0.717, 1.165) is 0 Å². The van der Waals surface area contributed by atoms with Crippen LogP contribution < -0.4 is 5.32 Å². The van der Waals surface area contributed by atoms with Gasteiger partial charge < -0.3 is 10.1 Å². The van der Waals surface area contributed by atoms with Crippen LogP contribution >= 0.6 is 0 Å². The average molecular weight is 267 g/mol. The van der Waals surface area contributed by atoms with E-state index in [1.54, 1.807) is 20.8 Å². The predicted octanol–water partition coefficient (Wildman–Crippen LogP) is 2.65. The third-order valence-corrected chi connectivity index (χ3v) is 2.79. The van der Waals surface area contributed by atoms with Crippen molar-refractivity contribution in [1.29, 1.82) is 0 Å². The molecule has 0 spiro atoms. The van der Waals surface area contributed by atoms with Gasteiger partial charge in [0.15, 0.2) is 0 Å². The number of esters is 1. The molecule has 0 radical (unpaired) electrons. The van der Waals surface area contributed by atoms with Crippen molar-refractivity contribution < 1.29 is 22.7 Å². The highest BCUT2D eigenvalue weighted by Gasteiger charge is 2.41. The van der Waals surface area contributed by atoms with Crippen LogP contribution in [0.15, 0.2) is 0 Å². The van der Waals surface area contributed by atoms with Gasteiger partial charge in [0.1, 0.15) is 11.6 Å². The summed E-state index contributed by atoms with van der Waals surface area (Å²) >= 11 is 0. The van der Waals surface area contributed by atoms with Crippen molar-refractivity contribution in [1.82, 2.24) is 5.32 Å². The summed E-state index contributed by atoms with van der Waals surface area (Å²) in [7, 11) is 0. The van der Waals surface area contributed by atoms with Crippen LogP contribution in [0.3, 0.4) is 0 Å². The van der Waals surface area contributed by atoms with E-state index in [1.807, 2.05) is 0 Å². The zero-order valence-electron chi connectivity index (χ0n) is 10.9. The topological polar surface area (TPSA) is 38.3 Å². The molecule has 1 aliphatic rings. The van der Waals surface area contributed by atoms with Crippen LogP contribution in [0.5, 0.6) is 0 Å². The Morgan fingerprint density at radius 1 is 1.28 bits per heavy atom. The maximum Gasteiger partial charge on any atom is 0.403 e. The van der Waals surface area contributed by atoms with E-state index in [4.69, 9.17) is 4.74 Å². The fourth-order valence-electron chi connectivity index (χ4n) is 1.99. The minimum absolute atomic E-state index is 0.0248. The normalized spacial score (nSPS) is 25.9. The summed E-state index contributed by atoms with van der Waals surface area (Å²) in [6.45, 7) is 5.51. The van der Waals surface area contributed by atoms with E-state index in [9.17, 15) is 18.0 Å². The molecule has 1 N–H and O–H groups in total. The van der Waals surface area contributed by atoms with Gasteiger partial charge in [0.05, 0.1) is 0 Å². The first-order chi connectivity index (χ1) is 8.08. The number of ether oxygens (including phenoxy) is 1. The zero-order chi connectivity index (χ0) is 14.0. The van der Waals surface area contributed by atoms with Crippen molar-refractivity contribution in [2.45, 2.75) is 57.9 Å². The second-order valence-electron chi connectivity index (χ2n) is 5.74. The van der Waals surface area contributed by atoms with Crippen LogP contribution in [0.25, 0.3) is 0 Å². The van der Waals surface area contributed by atoms with E-state index >= 15 is 0 Å². The molecule has 0 aromatic rings. The number of nitrogens with one attached hydrogen (secondary N) is 1. The van der Waals surface area contributed by atoms with Gasteiger partial charge in [-0.3, -0.25) is 4.79 Å². The molecule has 0 aliphatic carbocycles. The van der Waals surface area contributed by atoms with Crippen molar-refractivity contribution >= 4 is 5.97 Å². The Morgan fingerprint density at radius 3 is 2.28 bits per heavy atom. The maximum absolute atomic E-state index is 12.4. The summed E-state index contributed by atoms with van der Waals surface area (Å²) < 4.78 is 42.3. The third-order valence-electron chi connectivity index (χ3n) is 2.79. The van der Waals surface area contributed by atoms with Gasteiger partial charge in [0.2, 0.25) is 0 Å². The van der Waals surface area contributed by atoms with E-state index in [2.05, 4.69) is 5.32 Å². The predicted molar refractivity (Wildman–Crippen MR) is 61.0 cm³/mol. The zero-order valence-corrected chi connectivity index (χ0v) is 10.9. The molecule has 0 bridgehead atoms. The fraction of sp³-hybridized carbons (Fsp3) is 0.917. The Morgan fingerprint density at radius 2 is 1.89 bits per heavy atom. The van der Waals surface area contributed by atoms with Gasteiger partial charge in [-0.05, 0) is 46.1 Å². The summed E-state index contributed by atoms with van der Waals surface area (Å²) in [5.74, 6) is -0.418. The molecule has 6 heteroatoms. The molecule has 3 nitrogen and oxygen atoms in total. The van der Waals surface area contributed by atoms with Gasteiger partial charge in [0.25, 0.3) is 0 Å². The monoisotopic (exact) mass is 267 g/mol. The molecule has 106 valence electrons. The Labute approximate surface area is 105 Å². The summed E-state index contributed by atoms with van der Waals surface area (Å²) in [6.07, 6.45) is -3.60. The molecule has 1 heterocycles. The van der Waals surface area contributed by atoms with Crippen LogP contribution in [-0.2, 0) is 9.53 Å². The molecule has 0 saturated carbocycles. The van der Waals surface area contributed by atoms with Crippen molar-refractivity contribution in [3.63, 3.8) is 0 Å². The van der Waals surface area contributed by atoms with Gasteiger partial charge in [-0.1, -0.05) is 0 Å². The molecule has 1 fully saturated rings. The molecular formula is C12H20F3NO2. The van der Waals surface area contributed by atoms with Crippen LogP contribution in [0, 0.1) is 5.92 Å². The molecule has 1 rings (SSSR count). The Balaban J connectivity index is 2.34. The lowest BCUT2D eigenvalue weighted by Gasteiger charge is -2.31. The molecule has 0 amide bonds. The van der Waals surface area contributed by atoms with E-state index < -0.39 is 17.8 Å². The minimum atomic E-state index is -4.20. The lowest BCUT2D eigenvalue weighted by Crippen LogP contribution is -2.48. The van der Waals surface area contributed by atoms with Gasteiger partial charge in [0, 0.05) is 6.42 Å². The lowest BCUT2D eigenvalue weighted by atomic mass is 9.92. The van der Waals surface area contributed by atoms with Crippen LogP contribution in [0.2, 0.25) is 0 Å². The second-order valence-corrected chi connectivity index (χ2v) is 5.74. The number of carbonyl (C=O) groups excluding carboxylic acids is 1. The minimum Gasteiger partial charge on any atom is -0.460 e. The Hall–Kier alpha value is -0.780. The second kappa shape index (κ2) is 5.47. The molecule has 2 atom stereocenters. The molecule has 1 aliphatic heterocycles. The van der Waals surface area contributed by atoms with E-state index in [0.29, 0.717) is 6.42 Å². The molecule has 0 unspecified atom stereocenters. The van der Waals surface area contributed by atoms with E-state index in [1.165, 1.54) is 0 Å². The molecule has 18 heavy (non-hydrogen) atoms. The Kier molecular flexibility index (Phi) is 4.64. The smallest absolute Gasteiger partial charge is 0.403 e. The van der Waals surface area contributed by atoms with Crippen LogP contribution in [-0.4, -0.2) is 30.3 Å². The number of piperidine rings is 1. The number of halogens is 3. The van der Waals surface area contributed by atoms with Gasteiger partial charge in [-0.15, -0.1) is 0 Å². The molecule has 0 aromatic carbocycles. The number of hydrogen-bond donors (Lipinski definition) is 1. The largest absolute Gasteiger partial charge is 0.460 e. The van der Waals surface area contributed by atoms with Crippen LogP contribution in [0.4, 0.5) is 13.2 Å². The lowest BCUT2D eigenvalue weighted by molar-refractivity contribution is -0.164. The molecular weight excluding hydrogens is 247 g/mol. The fourth-order valence-corrected chi connectivity index (χ4v) is 1.99. The Bertz CT molecular complexity index is 289. The highest BCUT2D eigenvalue weighted by atomic mass is 19.4. The first kappa shape index (κ1) is 15.3. The highest BCUT2D eigenvalue weighted by molar-refractivity contribution is 5.70. The summed E-state index contributed by atoms with van der Waals surface area (Å²) in [5, 5.41) is 2.44. The van der Waals surface area contributed by atoms with Gasteiger partial charge in [-0.2, -0.15) is 13.2 Å². The quantitative estimate of drug-likeness (QED) is 0.782.